The van der Waals surface area contributed by atoms with Crippen molar-refractivity contribution < 1.29 is 4.79 Å². The van der Waals surface area contributed by atoms with Gasteiger partial charge in [-0.3, -0.25) is 4.79 Å². The molecule has 3 aromatic carbocycles. The predicted octanol–water partition coefficient (Wildman–Crippen LogP) is 5.09. The molecule has 5 rings (SSSR count). The summed E-state index contributed by atoms with van der Waals surface area (Å²) in [7, 11) is 0. The molecule has 0 radical (unpaired) electrons. The third kappa shape index (κ3) is 4.14. The van der Waals surface area contributed by atoms with E-state index in [4.69, 9.17) is 0 Å². The van der Waals surface area contributed by atoms with E-state index in [1.807, 2.05) is 59.2 Å². The maximum Gasteiger partial charge on any atom is 0.228 e. The molecule has 1 aliphatic rings. The summed E-state index contributed by atoms with van der Waals surface area (Å²) in [6, 6.07) is 27.0. The molecule has 0 aliphatic carbocycles. The number of hydrogen-bond donors (Lipinski definition) is 0. The molecule has 1 amide bonds. The largest absolute Gasteiger partial charge is 0.369 e. The molecule has 1 saturated heterocycles. The Morgan fingerprint density at radius 3 is 2.25 bits per heavy atom. The van der Waals surface area contributed by atoms with Crippen LogP contribution >= 0.6 is 0 Å². The number of carbonyl (C=O) groups excluding carboxylic acids is 1. The van der Waals surface area contributed by atoms with E-state index in [0.717, 1.165) is 47.0 Å². The van der Waals surface area contributed by atoms with Gasteiger partial charge in [-0.15, -0.1) is 0 Å². The number of aromatic nitrogens is 2. The lowest BCUT2D eigenvalue weighted by Crippen LogP contribution is -2.33. The first kappa shape index (κ1) is 20.1. The number of aryl methyl sites for hydroxylation is 1. The lowest BCUT2D eigenvalue weighted by Gasteiger charge is -2.24. The summed E-state index contributed by atoms with van der Waals surface area (Å²) in [5, 5.41) is 0. The van der Waals surface area contributed by atoms with E-state index in [2.05, 4.69) is 58.4 Å². The standard InChI is InChI=1S/C27H26N4O/c1-21-19-30(20-28-21)25-12-10-24(11-13-25)29-15-14-27(32)31(17-16-29)26-9-5-8-23(18-26)22-6-3-2-4-7-22/h2-13,18-20H,14-17H2,1H3. The number of imidazole rings is 1. The zero-order valence-electron chi connectivity index (χ0n) is 18.2. The Labute approximate surface area is 188 Å². The van der Waals surface area contributed by atoms with Crippen LogP contribution in [0.15, 0.2) is 91.4 Å². The van der Waals surface area contributed by atoms with Crippen LogP contribution in [0.5, 0.6) is 0 Å². The van der Waals surface area contributed by atoms with Crippen LogP contribution in [0.2, 0.25) is 0 Å². The van der Waals surface area contributed by atoms with Crippen molar-refractivity contribution in [3.8, 4) is 16.8 Å². The quantitative estimate of drug-likeness (QED) is 0.460. The minimum absolute atomic E-state index is 0.170. The zero-order chi connectivity index (χ0) is 21.9. The Balaban J connectivity index is 1.33. The monoisotopic (exact) mass is 422 g/mol. The van der Waals surface area contributed by atoms with E-state index in [9.17, 15) is 4.79 Å². The molecule has 0 N–H and O–H groups in total. The van der Waals surface area contributed by atoms with Gasteiger partial charge in [0.25, 0.3) is 0 Å². The van der Waals surface area contributed by atoms with Crippen LogP contribution in [0, 0.1) is 6.92 Å². The Bertz CT molecular complexity index is 1210. The molecule has 5 nitrogen and oxygen atoms in total. The first-order valence-electron chi connectivity index (χ1n) is 11.0. The molecule has 4 aromatic rings. The number of carbonyl (C=O) groups is 1. The second-order valence-electron chi connectivity index (χ2n) is 8.14. The second-order valence-corrected chi connectivity index (χ2v) is 8.14. The van der Waals surface area contributed by atoms with E-state index in [0.29, 0.717) is 13.0 Å². The van der Waals surface area contributed by atoms with Gasteiger partial charge in [0.2, 0.25) is 5.91 Å². The van der Waals surface area contributed by atoms with Crippen LogP contribution in [0.3, 0.4) is 0 Å². The van der Waals surface area contributed by atoms with Crippen LogP contribution in [-0.2, 0) is 4.79 Å². The number of hydrogen-bond acceptors (Lipinski definition) is 3. The zero-order valence-corrected chi connectivity index (χ0v) is 18.2. The predicted molar refractivity (Wildman–Crippen MR) is 129 cm³/mol. The van der Waals surface area contributed by atoms with E-state index in [1.165, 1.54) is 0 Å². The average molecular weight is 423 g/mol. The first-order valence-corrected chi connectivity index (χ1v) is 11.0. The minimum Gasteiger partial charge on any atom is -0.369 e. The van der Waals surface area contributed by atoms with E-state index < -0.39 is 0 Å². The minimum atomic E-state index is 0.170. The number of benzene rings is 3. The molecule has 0 bridgehead atoms. The van der Waals surface area contributed by atoms with E-state index in [-0.39, 0.29) is 5.91 Å². The highest BCUT2D eigenvalue weighted by Crippen LogP contribution is 2.27. The number of anilines is 2. The van der Waals surface area contributed by atoms with Crippen molar-refractivity contribution in [2.45, 2.75) is 13.3 Å². The Morgan fingerprint density at radius 2 is 1.50 bits per heavy atom. The summed E-state index contributed by atoms with van der Waals surface area (Å²) in [5.74, 6) is 0.170. The summed E-state index contributed by atoms with van der Waals surface area (Å²) < 4.78 is 2.02. The van der Waals surface area contributed by atoms with Gasteiger partial charge in [-0.1, -0.05) is 42.5 Å². The SMILES string of the molecule is Cc1cn(-c2ccc(N3CCC(=O)N(c4cccc(-c5ccccc5)c4)CC3)cc2)cn1. The van der Waals surface area contributed by atoms with Gasteiger partial charge >= 0.3 is 0 Å². The topological polar surface area (TPSA) is 41.4 Å². The Kier molecular flexibility index (Phi) is 5.46. The Morgan fingerprint density at radius 1 is 0.750 bits per heavy atom. The van der Waals surface area contributed by atoms with Crippen molar-refractivity contribution in [3.63, 3.8) is 0 Å². The molecule has 32 heavy (non-hydrogen) atoms. The van der Waals surface area contributed by atoms with Gasteiger partial charge in [0.05, 0.1) is 12.0 Å². The fraction of sp³-hybridized carbons (Fsp3) is 0.185. The van der Waals surface area contributed by atoms with Crippen molar-refractivity contribution in [1.29, 1.82) is 0 Å². The highest BCUT2D eigenvalue weighted by atomic mass is 16.2. The molecule has 160 valence electrons. The van der Waals surface area contributed by atoms with Crippen LogP contribution < -0.4 is 9.80 Å². The molecule has 1 fully saturated rings. The third-order valence-corrected chi connectivity index (χ3v) is 5.98. The maximum absolute atomic E-state index is 13.0. The fourth-order valence-corrected chi connectivity index (χ4v) is 4.24. The van der Waals surface area contributed by atoms with Crippen molar-refractivity contribution >= 4 is 17.3 Å². The third-order valence-electron chi connectivity index (χ3n) is 5.98. The van der Waals surface area contributed by atoms with Crippen LogP contribution in [0.1, 0.15) is 12.1 Å². The van der Waals surface area contributed by atoms with Crippen LogP contribution in [0.25, 0.3) is 16.8 Å². The molecular formula is C27H26N4O. The first-order chi connectivity index (χ1) is 15.7. The van der Waals surface area contributed by atoms with Crippen molar-refractivity contribution in [2.75, 3.05) is 29.4 Å². The molecule has 2 heterocycles. The van der Waals surface area contributed by atoms with E-state index >= 15 is 0 Å². The fourth-order valence-electron chi connectivity index (χ4n) is 4.24. The molecule has 0 unspecified atom stereocenters. The van der Waals surface area contributed by atoms with Gasteiger partial charge in [-0.2, -0.15) is 0 Å². The average Bonchev–Trinajstić information content (AvgIpc) is 3.18. The molecule has 1 aromatic heterocycles. The number of rotatable bonds is 4. The van der Waals surface area contributed by atoms with Crippen molar-refractivity contribution in [2.24, 2.45) is 0 Å². The maximum atomic E-state index is 13.0. The number of amides is 1. The van der Waals surface area contributed by atoms with Gasteiger partial charge in [0, 0.05) is 49.3 Å². The molecule has 0 spiro atoms. The van der Waals surface area contributed by atoms with E-state index in [1.54, 1.807) is 0 Å². The van der Waals surface area contributed by atoms with Gasteiger partial charge in [0.15, 0.2) is 0 Å². The number of nitrogens with zero attached hydrogens (tertiary/aromatic N) is 4. The highest BCUT2D eigenvalue weighted by Gasteiger charge is 2.22. The van der Waals surface area contributed by atoms with Gasteiger partial charge < -0.3 is 14.4 Å². The highest BCUT2D eigenvalue weighted by molar-refractivity contribution is 5.95. The molecule has 1 aliphatic heterocycles. The summed E-state index contributed by atoms with van der Waals surface area (Å²) in [6.07, 6.45) is 4.34. The summed E-state index contributed by atoms with van der Waals surface area (Å²) in [4.78, 5) is 21.5. The van der Waals surface area contributed by atoms with Crippen molar-refractivity contribution in [3.05, 3.63) is 97.1 Å². The molecule has 0 saturated carbocycles. The summed E-state index contributed by atoms with van der Waals surface area (Å²) in [5.41, 5.74) is 6.46. The summed E-state index contributed by atoms with van der Waals surface area (Å²) in [6.45, 7) is 4.17. The van der Waals surface area contributed by atoms with Crippen LogP contribution in [0.4, 0.5) is 11.4 Å². The Hall–Kier alpha value is -3.86. The normalized spacial score (nSPS) is 14.5. The second kappa shape index (κ2) is 8.71. The van der Waals surface area contributed by atoms with Gasteiger partial charge in [-0.05, 0) is 54.4 Å². The van der Waals surface area contributed by atoms with Gasteiger partial charge in [0.1, 0.15) is 0 Å². The van der Waals surface area contributed by atoms with Crippen LogP contribution in [-0.4, -0.2) is 35.1 Å². The molecule has 5 heteroatoms. The lowest BCUT2D eigenvalue weighted by atomic mass is 10.0. The van der Waals surface area contributed by atoms with Gasteiger partial charge in [-0.25, -0.2) is 4.98 Å². The lowest BCUT2D eigenvalue weighted by molar-refractivity contribution is -0.118. The molecular weight excluding hydrogens is 396 g/mol. The summed E-state index contributed by atoms with van der Waals surface area (Å²) >= 11 is 0. The van der Waals surface area contributed by atoms with Crippen molar-refractivity contribution in [1.82, 2.24) is 9.55 Å². The smallest absolute Gasteiger partial charge is 0.228 e. The molecule has 0 atom stereocenters.